The highest BCUT2D eigenvalue weighted by atomic mass is 19.1. The second kappa shape index (κ2) is 7.60. The normalized spacial score (nSPS) is 10.2. The summed E-state index contributed by atoms with van der Waals surface area (Å²) in [6, 6.07) is 3.03. The number of nitrogens with one attached hydrogen (secondary N) is 2. The van der Waals surface area contributed by atoms with Gasteiger partial charge in [0.2, 0.25) is 5.91 Å². The van der Waals surface area contributed by atoms with Crippen LogP contribution in [0, 0.1) is 11.6 Å². The average Bonchev–Trinajstić information content (AvgIpc) is 2.31. The average molecular weight is 258 g/mol. The van der Waals surface area contributed by atoms with Crippen LogP contribution in [-0.4, -0.2) is 32.7 Å². The predicted molar refractivity (Wildman–Crippen MR) is 64.4 cm³/mol. The molecular formula is C12H16F2N2O2. The zero-order valence-corrected chi connectivity index (χ0v) is 10.1. The highest BCUT2D eigenvalue weighted by molar-refractivity contribution is 5.80. The maximum absolute atomic E-state index is 12.8. The highest BCUT2D eigenvalue weighted by Gasteiger charge is 2.03. The van der Waals surface area contributed by atoms with Crippen LogP contribution in [0.2, 0.25) is 0 Å². The SMILES string of the molecule is COCCCNC(=O)CNc1cc(F)cc(F)c1. The van der Waals surface area contributed by atoms with E-state index < -0.39 is 11.6 Å². The Morgan fingerprint density at radius 1 is 1.28 bits per heavy atom. The number of benzene rings is 1. The first-order valence-corrected chi connectivity index (χ1v) is 5.57. The molecule has 0 unspecified atom stereocenters. The van der Waals surface area contributed by atoms with Crippen LogP contribution in [0.1, 0.15) is 6.42 Å². The second-order valence-electron chi connectivity index (χ2n) is 3.71. The summed E-state index contributed by atoms with van der Waals surface area (Å²) in [6.45, 7) is 1.05. The lowest BCUT2D eigenvalue weighted by Crippen LogP contribution is -2.31. The van der Waals surface area contributed by atoms with E-state index in [4.69, 9.17) is 4.74 Å². The van der Waals surface area contributed by atoms with Crippen LogP contribution in [0.3, 0.4) is 0 Å². The lowest BCUT2D eigenvalue weighted by molar-refractivity contribution is -0.119. The van der Waals surface area contributed by atoms with Crippen molar-refractivity contribution in [3.05, 3.63) is 29.8 Å². The van der Waals surface area contributed by atoms with Crippen molar-refractivity contribution in [2.24, 2.45) is 0 Å². The summed E-state index contributed by atoms with van der Waals surface area (Å²) >= 11 is 0. The van der Waals surface area contributed by atoms with Crippen LogP contribution < -0.4 is 10.6 Å². The van der Waals surface area contributed by atoms with Gasteiger partial charge in [-0.1, -0.05) is 0 Å². The summed E-state index contributed by atoms with van der Waals surface area (Å²) in [5.74, 6) is -1.60. The molecular weight excluding hydrogens is 242 g/mol. The van der Waals surface area contributed by atoms with Gasteiger partial charge in [0.25, 0.3) is 0 Å². The Morgan fingerprint density at radius 3 is 2.56 bits per heavy atom. The number of hydrogen-bond acceptors (Lipinski definition) is 3. The van der Waals surface area contributed by atoms with Gasteiger partial charge >= 0.3 is 0 Å². The van der Waals surface area contributed by atoms with Crippen LogP contribution in [0.25, 0.3) is 0 Å². The van der Waals surface area contributed by atoms with Gasteiger partial charge in [-0.05, 0) is 18.6 Å². The molecule has 6 heteroatoms. The van der Waals surface area contributed by atoms with Gasteiger partial charge in [0.1, 0.15) is 11.6 Å². The largest absolute Gasteiger partial charge is 0.385 e. The van der Waals surface area contributed by atoms with Crippen LogP contribution >= 0.6 is 0 Å². The van der Waals surface area contributed by atoms with Crippen LogP contribution in [0.4, 0.5) is 14.5 Å². The number of rotatable bonds is 7. The number of ether oxygens (including phenoxy) is 1. The third-order valence-corrected chi connectivity index (χ3v) is 2.16. The number of hydrogen-bond donors (Lipinski definition) is 2. The zero-order chi connectivity index (χ0) is 13.4. The minimum absolute atomic E-state index is 0.0319. The Bertz CT molecular complexity index is 379. The highest BCUT2D eigenvalue weighted by Crippen LogP contribution is 2.12. The molecule has 0 saturated heterocycles. The molecule has 0 fully saturated rings. The first-order chi connectivity index (χ1) is 8.61. The smallest absolute Gasteiger partial charge is 0.239 e. The van der Waals surface area contributed by atoms with E-state index in [1.54, 1.807) is 7.11 Å². The van der Waals surface area contributed by atoms with E-state index in [0.29, 0.717) is 13.2 Å². The molecule has 100 valence electrons. The topological polar surface area (TPSA) is 50.4 Å². The molecule has 1 aromatic rings. The lowest BCUT2D eigenvalue weighted by atomic mass is 10.3. The first kappa shape index (κ1) is 14.4. The van der Waals surface area contributed by atoms with Gasteiger partial charge in [0.15, 0.2) is 0 Å². The Hall–Kier alpha value is -1.69. The molecule has 2 N–H and O–H groups in total. The molecule has 0 aliphatic carbocycles. The van der Waals surface area contributed by atoms with Crippen LogP contribution in [0.5, 0.6) is 0 Å². The van der Waals surface area contributed by atoms with Gasteiger partial charge in [0.05, 0.1) is 6.54 Å². The summed E-state index contributed by atoms with van der Waals surface area (Å²) in [6.07, 6.45) is 0.719. The van der Waals surface area contributed by atoms with E-state index in [0.717, 1.165) is 24.6 Å². The first-order valence-electron chi connectivity index (χ1n) is 5.57. The lowest BCUT2D eigenvalue weighted by Gasteiger charge is -2.07. The number of methoxy groups -OCH3 is 1. The Morgan fingerprint density at radius 2 is 1.94 bits per heavy atom. The fraction of sp³-hybridized carbons (Fsp3) is 0.417. The summed E-state index contributed by atoms with van der Waals surface area (Å²) in [5, 5.41) is 5.29. The third-order valence-electron chi connectivity index (χ3n) is 2.16. The molecule has 0 radical (unpaired) electrons. The summed E-state index contributed by atoms with van der Waals surface area (Å²) in [4.78, 5) is 11.3. The zero-order valence-electron chi connectivity index (χ0n) is 10.1. The molecule has 0 aliphatic heterocycles. The monoisotopic (exact) mass is 258 g/mol. The maximum atomic E-state index is 12.8. The fourth-order valence-corrected chi connectivity index (χ4v) is 1.35. The summed E-state index contributed by atoms with van der Waals surface area (Å²) in [5.41, 5.74) is 0.236. The number of carbonyl (C=O) groups is 1. The van der Waals surface area contributed by atoms with Gasteiger partial charge in [-0.3, -0.25) is 4.79 Å². The molecule has 0 bridgehead atoms. The van der Waals surface area contributed by atoms with Gasteiger partial charge in [-0.2, -0.15) is 0 Å². The quantitative estimate of drug-likeness (QED) is 0.729. The van der Waals surface area contributed by atoms with Crippen molar-refractivity contribution in [3.8, 4) is 0 Å². The molecule has 0 atom stereocenters. The molecule has 0 saturated carbocycles. The van der Waals surface area contributed by atoms with E-state index in [1.165, 1.54) is 0 Å². The van der Waals surface area contributed by atoms with Gasteiger partial charge < -0.3 is 15.4 Å². The Kier molecular flexibility index (Phi) is 6.07. The number of amides is 1. The minimum atomic E-state index is -0.682. The van der Waals surface area contributed by atoms with Crippen molar-refractivity contribution in [3.63, 3.8) is 0 Å². The Labute approximate surface area is 104 Å². The molecule has 1 rings (SSSR count). The molecule has 0 heterocycles. The second-order valence-corrected chi connectivity index (χ2v) is 3.71. The van der Waals surface area contributed by atoms with E-state index >= 15 is 0 Å². The maximum Gasteiger partial charge on any atom is 0.239 e. The number of halogens is 2. The minimum Gasteiger partial charge on any atom is -0.385 e. The van der Waals surface area contributed by atoms with Gasteiger partial charge in [-0.25, -0.2) is 8.78 Å². The van der Waals surface area contributed by atoms with Gasteiger partial charge in [-0.15, -0.1) is 0 Å². The third kappa shape index (κ3) is 5.58. The van der Waals surface area contributed by atoms with Crippen molar-refractivity contribution in [1.82, 2.24) is 5.32 Å². The summed E-state index contributed by atoms with van der Waals surface area (Å²) in [7, 11) is 1.59. The van der Waals surface area contributed by atoms with Crippen LogP contribution in [-0.2, 0) is 9.53 Å². The van der Waals surface area contributed by atoms with Gasteiger partial charge in [0, 0.05) is 32.0 Å². The van der Waals surface area contributed by atoms with Crippen molar-refractivity contribution in [1.29, 1.82) is 0 Å². The fourth-order valence-electron chi connectivity index (χ4n) is 1.35. The molecule has 1 amide bonds. The summed E-state index contributed by atoms with van der Waals surface area (Å²) < 4.78 is 30.5. The molecule has 0 spiro atoms. The van der Waals surface area contributed by atoms with Crippen molar-refractivity contribution >= 4 is 11.6 Å². The molecule has 18 heavy (non-hydrogen) atoms. The van der Waals surface area contributed by atoms with Crippen molar-refractivity contribution in [2.45, 2.75) is 6.42 Å². The van der Waals surface area contributed by atoms with E-state index in [1.807, 2.05) is 0 Å². The molecule has 1 aromatic carbocycles. The van der Waals surface area contributed by atoms with E-state index in [9.17, 15) is 13.6 Å². The van der Waals surface area contributed by atoms with E-state index in [-0.39, 0.29) is 18.1 Å². The standard InChI is InChI=1S/C12H16F2N2O2/c1-18-4-2-3-15-12(17)8-16-11-6-9(13)5-10(14)7-11/h5-7,16H,2-4,8H2,1H3,(H,15,17). The molecule has 0 aromatic heterocycles. The van der Waals surface area contributed by atoms with E-state index in [2.05, 4.69) is 10.6 Å². The number of anilines is 1. The molecule has 0 aliphatic rings. The number of carbonyl (C=O) groups excluding carboxylic acids is 1. The predicted octanol–water partition coefficient (Wildman–Crippen LogP) is 1.53. The Balaban J connectivity index is 2.29. The molecule has 4 nitrogen and oxygen atoms in total. The van der Waals surface area contributed by atoms with Crippen molar-refractivity contribution in [2.75, 3.05) is 32.1 Å². The van der Waals surface area contributed by atoms with Crippen molar-refractivity contribution < 1.29 is 18.3 Å². The van der Waals surface area contributed by atoms with Crippen LogP contribution in [0.15, 0.2) is 18.2 Å².